The standard InChI is InChI=1S/C16H20N6O4S/c1-3-12-11-7-10(8-17-16(11)26-20-12)27(23,24)21-13-5-4-6-22-15(13)18-14(19-22)9-25-2/h7-8,13,21H,3-6,9H2,1-2H3. The number of pyridine rings is 1. The molecule has 0 amide bonds. The largest absolute Gasteiger partial charge is 0.377 e. The number of sulfonamides is 1. The van der Waals surface area contributed by atoms with E-state index in [0.717, 1.165) is 6.42 Å². The normalized spacial score (nSPS) is 17.3. The average Bonchev–Trinajstić information content (AvgIpc) is 3.25. The van der Waals surface area contributed by atoms with Crippen molar-refractivity contribution in [3.8, 4) is 0 Å². The summed E-state index contributed by atoms with van der Waals surface area (Å²) in [6.45, 7) is 2.91. The Hall–Kier alpha value is -2.37. The first kappa shape index (κ1) is 18.0. The van der Waals surface area contributed by atoms with Crippen LogP contribution in [0.3, 0.4) is 0 Å². The highest BCUT2D eigenvalue weighted by atomic mass is 32.2. The molecule has 0 aliphatic carbocycles. The minimum Gasteiger partial charge on any atom is -0.377 e. The number of nitrogens with one attached hydrogen (secondary N) is 1. The highest BCUT2D eigenvalue weighted by molar-refractivity contribution is 7.89. The molecular formula is C16H20N6O4S. The Bertz CT molecular complexity index is 1070. The molecule has 0 fully saturated rings. The molecule has 0 radical (unpaired) electrons. The lowest BCUT2D eigenvalue weighted by atomic mass is 10.1. The molecule has 1 aliphatic heterocycles. The van der Waals surface area contributed by atoms with Crippen LogP contribution in [0.2, 0.25) is 0 Å². The monoisotopic (exact) mass is 392 g/mol. The second kappa shape index (κ2) is 6.98. The van der Waals surface area contributed by atoms with Gasteiger partial charge in [-0.2, -0.15) is 5.10 Å². The van der Waals surface area contributed by atoms with Crippen molar-refractivity contribution in [1.29, 1.82) is 0 Å². The highest BCUT2D eigenvalue weighted by Gasteiger charge is 2.29. The molecule has 1 N–H and O–H groups in total. The third-order valence-electron chi connectivity index (χ3n) is 4.51. The summed E-state index contributed by atoms with van der Waals surface area (Å²) >= 11 is 0. The van der Waals surface area contributed by atoms with E-state index in [4.69, 9.17) is 9.26 Å². The minimum absolute atomic E-state index is 0.0710. The summed E-state index contributed by atoms with van der Waals surface area (Å²) in [6.07, 6.45) is 3.35. The molecule has 1 aliphatic rings. The van der Waals surface area contributed by atoms with Gasteiger partial charge in [0.05, 0.1) is 23.3 Å². The van der Waals surface area contributed by atoms with Crippen LogP contribution in [-0.2, 0) is 34.3 Å². The maximum Gasteiger partial charge on any atom is 0.258 e. The molecule has 1 unspecified atom stereocenters. The van der Waals surface area contributed by atoms with Gasteiger partial charge < -0.3 is 9.26 Å². The summed E-state index contributed by atoms with van der Waals surface area (Å²) in [4.78, 5) is 8.58. The number of ether oxygens (including phenoxy) is 1. The molecule has 10 nitrogen and oxygen atoms in total. The van der Waals surface area contributed by atoms with E-state index in [1.807, 2.05) is 6.92 Å². The zero-order chi connectivity index (χ0) is 19.0. The molecule has 3 aromatic rings. The Kier molecular flexibility index (Phi) is 4.66. The van der Waals surface area contributed by atoms with Gasteiger partial charge in [0, 0.05) is 13.7 Å². The minimum atomic E-state index is -3.79. The van der Waals surface area contributed by atoms with Crippen molar-refractivity contribution in [3.05, 3.63) is 29.6 Å². The zero-order valence-corrected chi connectivity index (χ0v) is 15.9. The second-order valence-corrected chi connectivity index (χ2v) is 8.08. The first-order valence-corrected chi connectivity index (χ1v) is 10.2. The fourth-order valence-corrected chi connectivity index (χ4v) is 4.42. The predicted molar refractivity (Wildman–Crippen MR) is 94.2 cm³/mol. The molecular weight excluding hydrogens is 372 g/mol. The lowest BCUT2D eigenvalue weighted by Gasteiger charge is -2.22. The van der Waals surface area contributed by atoms with Crippen LogP contribution in [0, 0.1) is 0 Å². The van der Waals surface area contributed by atoms with Crippen molar-refractivity contribution >= 4 is 21.1 Å². The molecule has 27 heavy (non-hydrogen) atoms. The first-order chi connectivity index (χ1) is 13.0. The molecule has 4 rings (SSSR count). The summed E-state index contributed by atoms with van der Waals surface area (Å²) in [5.74, 6) is 1.14. The van der Waals surface area contributed by atoms with Gasteiger partial charge in [0.25, 0.3) is 5.71 Å². The fraction of sp³-hybridized carbons (Fsp3) is 0.500. The summed E-state index contributed by atoms with van der Waals surface area (Å²) in [6, 6.07) is 1.09. The topological polar surface area (TPSA) is 125 Å². The molecule has 0 bridgehead atoms. The molecule has 144 valence electrons. The van der Waals surface area contributed by atoms with Gasteiger partial charge in [0.15, 0.2) is 5.82 Å². The van der Waals surface area contributed by atoms with Crippen molar-refractivity contribution in [3.63, 3.8) is 0 Å². The van der Waals surface area contributed by atoms with Gasteiger partial charge in [-0.15, -0.1) is 0 Å². The van der Waals surface area contributed by atoms with Gasteiger partial charge in [-0.05, 0) is 25.3 Å². The SMILES string of the molecule is CCc1noc2ncc(S(=O)(=O)NC3CCCn4nc(COC)nc43)cc12. The summed E-state index contributed by atoms with van der Waals surface area (Å²) < 4.78 is 40.5. The van der Waals surface area contributed by atoms with Crippen molar-refractivity contribution in [1.82, 2.24) is 29.6 Å². The number of hydrogen-bond donors (Lipinski definition) is 1. The van der Waals surface area contributed by atoms with E-state index in [9.17, 15) is 8.42 Å². The van der Waals surface area contributed by atoms with E-state index < -0.39 is 16.1 Å². The van der Waals surface area contributed by atoms with E-state index in [1.54, 1.807) is 17.9 Å². The molecule has 0 saturated heterocycles. The molecule has 0 saturated carbocycles. The van der Waals surface area contributed by atoms with Crippen molar-refractivity contribution in [2.75, 3.05) is 7.11 Å². The Labute approximate surface area is 156 Å². The Balaban J connectivity index is 1.64. The van der Waals surface area contributed by atoms with Crippen LogP contribution < -0.4 is 4.72 Å². The molecule has 3 aromatic heterocycles. The fourth-order valence-electron chi connectivity index (χ4n) is 3.22. The van der Waals surface area contributed by atoms with Crippen LogP contribution in [0.25, 0.3) is 11.1 Å². The maximum atomic E-state index is 12.9. The third-order valence-corrected chi connectivity index (χ3v) is 5.95. The summed E-state index contributed by atoms with van der Waals surface area (Å²) in [5, 5.41) is 8.89. The van der Waals surface area contributed by atoms with Gasteiger partial charge >= 0.3 is 0 Å². The molecule has 1 atom stereocenters. The Morgan fingerprint density at radius 3 is 3.07 bits per heavy atom. The van der Waals surface area contributed by atoms with Crippen LogP contribution in [0.4, 0.5) is 0 Å². The lowest BCUT2D eigenvalue weighted by molar-refractivity contribution is 0.177. The average molecular weight is 392 g/mol. The molecule has 0 aromatic carbocycles. The predicted octanol–water partition coefficient (Wildman–Crippen LogP) is 1.34. The van der Waals surface area contributed by atoms with E-state index in [2.05, 4.69) is 24.9 Å². The van der Waals surface area contributed by atoms with Gasteiger partial charge in [0.1, 0.15) is 17.3 Å². The number of nitrogens with zero attached hydrogens (tertiary/aromatic N) is 5. The van der Waals surface area contributed by atoms with Crippen LogP contribution in [0.1, 0.15) is 43.1 Å². The third kappa shape index (κ3) is 3.33. The van der Waals surface area contributed by atoms with Crippen LogP contribution in [0.5, 0.6) is 0 Å². The summed E-state index contributed by atoms with van der Waals surface area (Å²) in [5.41, 5.74) is 1.00. The first-order valence-electron chi connectivity index (χ1n) is 8.71. The number of hydrogen-bond acceptors (Lipinski definition) is 8. The Morgan fingerprint density at radius 2 is 2.30 bits per heavy atom. The van der Waals surface area contributed by atoms with E-state index >= 15 is 0 Å². The zero-order valence-electron chi connectivity index (χ0n) is 15.0. The molecule has 4 heterocycles. The summed E-state index contributed by atoms with van der Waals surface area (Å²) in [7, 11) is -2.23. The highest BCUT2D eigenvalue weighted by Crippen LogP contribution is 2.26. The van der Waals surface area contributed by atoms with E-state index in [0.29, 0.717) is 47.8 Å². The van der Waals surface area contributed by atoms with Gasteiger partial charge in [-0.1, -0.05) is 12.1 Å². The lowest BCUT2D eigenvalue weighted by Crippen LogP contribution is -2.33. The molecule has 0 spiro atoms. The van der Waals surface area contributed by atoms with Crippen LogP contribution >= 0.6 is 0 Å². The van der Waals surface area contributed by atoms with E-state index in [1.165, 1.54) is 6.20 Å². The number of aromatic nitrogens is 5. The number of aryl methyl sites for hydroxylation is 2. The van der Waals surface area contributed by atoms with Crippen LogP contribution in [-0.4, -0.2) is 40.4 Å². The smallest absolute Gasteiger partial charge is 0.258 e. The van der Waals surface area contributed by atoms with Crippen molar-refractivity contribution in [2.24, 2.45) is 0 Å². The van der Waals surface area contributed by atoms with Gasteiger partial charge in [0.2, 0.25) is 10.0 Å². The number of rotatable bonds is 6. The molecule has 11 heteroatoms. The van der Waals surface area contributed by atoms with Crippen LogP contribution in [0.15, 0.2) is 21.7 Å². The number of fused-ring (bicyclic) bond motifs is 2. The van der Waals surface area contributed by atoms with Crippen molar-refractivity contribution in [2.45, 2.75) is 50.3 Å². The quantitative estimate of drug-likeness (QED) is 0.666. The van der Waals surface area contributed by atoms with Crippen molar-refractivity contribution < 1.29 is 17.7 Å². The second-order valence-electron chi connectivity index (χ2n) is 6.37. The maximum absolute atomic E-state index is 12.9. The van der Waals surface area contributed by atoms with E-state index in [-0.39, 0.29) is 11.5 Å². The van der Waals surface area contributed by atoms with Gasteiger partial charge in [-0.3, -0.25) is 0 Å². The van der Waals surface area contributed by atoms with Gasteiger partial charge in [-0.25, -0.2) is 27.8 Å². The Morgan fingerprint density at radius 1 is 1.44 bits per heavy atom. The number of methoxy groups -OCH3 is 1.